The molecule has 1 unspecified atom stereocenters. The molecule has 0 N–H and O–H groups in total. The van der Waals surface area contributed by atoms with E-state index >= 15 is 0 Å². The lowest BCUT2D eigenvalue weighted by Crippen LogP contribution is -2.13. The number of hydrogen-bond acceptors (Lipinski definition) is 4. The molecule has 0 saturated carbocycles. The quantitative estimate of drug-likeness (QED) is 0.624. The van der Waals surface area contributed by atoms with E-state index in [1.54, 1.807) is 6.20 Å². The molecule has 0 amide bonds. The summed E-state index contributed by atoms with van der Waals surface area (Å²) in [5.74, 6) is 1.63. The van der Waals surface area contributed by atoms with Crippen LogP contribution in [0.4, 0.5) is 0 Å². The third-order valence-electron chi connectivity index (χ3n) is 3.24. The van der Waals surface area contributed by atoms with E-state index in [-0.39, 0.29) is 6.04 Å². The van der Waals surface area contributed by atoms with Crippen molar-refractivity contribution < 1.29 is 4.43 Å². The molecule has 0 aliphatic heterocycles. The zero-order chi connectivity index (χ0) is 16.1. The molecule has 0 bridgehead atoms. The van der Waals surface area contributed by atoms with Crippen LogP contribution in [0.5, 0.6) is 5.75 Å². The number of para-hydroxylation sites is 1. The molecule has 0 spiro atoms. The zero-order valence-electron chi connectivity index (χ0n) is 13.9. The smallest absolute Gasteiger partial charge is 0.229 e. The molecule has 0 radical (unpaired) electrons. The van der Waals surface area contributed by atoms with Crippen LogP contribution in [0.2, 0.25) is 13.1 Å². The highest BCUT2D eigenvalue weighted by Gasteiger charge is 2.13. The highest BCUT2D eigenvalue weighted by Crippen LogP contribution is 2.28. The van der Waals surface area contributed by atoms with Crippen LogP contribution in [-0.4, -0.2) is 24.7 Å². The molecule has 116 valence electrons. The molecular formula is C17H23N3OSi. The highest BCUT2D eigenvalue weighted by molar-refractivity contribution is 6.49. The lowest BCUT2D eigenvalue weighted by Gasteiger charge is -2.17. The van der Waals surface area contributed by atoms with Gasteiger partial charge in [-0.15, -0.1) is 0 Å². The molecule has 0 fully saturated rings. The zero-order valence-corrected chi connectivity index (χ0v) is 15.0. The lowest BCUT2D eigenvalue weighted by atomic mass is 10.1. The minimum absolute atomic E-state index is 0.00747. The van der Waals surface area contributed by atoms with Crippen molar-refractivity contribution in [2.75, 3.05) is 0 Å². The molecule has 0 aliphatic rings. The Balaban J connectivity index is 2.28. The van der Waals surface area contributed by atoms with Gasteiger partial charge in [-0.2, -0.15) is 0 Å². The maximum absolute atomic E-state index is 6.01. The van der Waals surface area contributed by atoms with Gasteiger partial charge in [-0.05, 0) is 46.0 Å². The predicted octanol–water partition coefficient (Wildman–Crippen LogP) is 3.72. The minimum atomic E-state index is -1.14. The molecule has 0 aliphatic carbocycles. The van der Waals surface area contributed by atoms with E-state index in [0.717, 1.165) is 22.7 Å². The Hall–Kier alpha value is -2.01. The van der Waals surface area contributed by atoms with Gasteiger partial charge in [-0.1, -0.05) is 18.2 Å². The van der Waals surface area contributed by atoms with Gasteiger partial charge in [-0.25, -0.2) is 9.97 Å². The van der Waals surface area contributed by atoms with Crippen molar-refractivity contribution in [2.24, 2.45) is 4.99 Å². The van der Waals surface area contributed by atoms with Gasteiger partial charge in [0.25, 0.3) is 0 Å². The molecule has 22 heavy (non-hydrogen) atoms. The van der Waals surface area contributed by atoms with Crippen LogP contribution in [0, 0.1) is 6.92 Å². The first-order valence-electron chi connectivity index (χ1n) is 7.57. The van der Waals surface area contributed by atoms with Crippen molar-refractivity contribution in [2.45, 2.75) is 39.9 Å². The Morgan fingerprint density at radius 2 is 1.95 bits per heavy atom. The molecule has 2 aromatic rings. The predicted molar refractivity (Wildman–Crippen MR) is 93.3 cm³/mol. The summed E-state index contributed by atoms with van der Waals surface area (Å²) in [5.41, 5.74) is 2.89. The van der Waals surface area contributed by atoms with Crippen molar-refractivity contribution in [3.8, 4) is 5.75 Å². The highest BCUT2D eigenvalue weighted by atomic mass is 28.3. The van der Waals surface area contributed by atoms with Gasteiger partial charge in [-0.3, -0.25) is 4.99 Å². The summed E-state index contributed by atoms with van der Waals surface area (Å²) >= 11 is 0. The van der Waals surface area contributed by atoms with E-state index in [1.165, 1.54) is 0 Å². The molecule has 1 aromatic heterocycles. The summed E-state index contributed by atoms with van der Waals surface area (Å²) in [4.78, 5) is 13.5. The molecule has 1 aromatic carbocycles. The Morgan fingerprint density at radius 1 is 1.23 bits per heavy atom. The Bertz CT molecular complexity index is 670. The van der Waals surface area contributed by atoms with E-state index < -0.39 is 9.04 Å². The van der Waals surface area contributed by atoms with Crippen molar-refractivity contribution in [3.63, 3.8) is 0 Å². The fraction of sp³-hybridized carbons (Fsp3) is 0.353. The SMILES string of the molecule is CC(=NC(C)c1ccccc1O[SiH](C)C)c1nccc(C)n1. The Kier molecular flexibility index (Phi) is 5.44. The van der Waals surface area contributed by atoms with Crippen LogP contribution in [0.3, 0.4) is 0 Å². The Labute approximate surface area is 134 Å². The molecule has 2 rings (SSSR count). The third-order valence-corrected chi connectivity index (χ3v) is 3.96. The van der Waals surface area contributed by atoms with Gasteiger partial charge in [0, 0.05) is 17.5 Å². The standard InChI is InChI=1S/C17H23N3OSi/c1-12-10-11-18-17(19-12)14(3)20-13(2)15-8-6-7-9-16(15)21-22(4)5/h6-11,13,22H,1-5H3. The van der Waals surface area contributed by atoms with Gasteiger partial charge in [0.15, 0.2) is 5.82 Å². The van der Waals surface area contributed by atoms with E-state index in [0.29, 0.717) is 5.82 Å². The van der Waals surface area contributed by atoms with E-state index in [4.69, 9.17) is 9.42 Å². The van der Waals surface area contributed by atoms with Gasteiger partial charge in [0.1, 0.15) is 5.75 Å². The lowest BCUT2D eigenvalue weighted by molar-refractivity contribution is 0.563. The summed E-state index contributed by atoms with van der Waals surface area (Å²) < 4.78 is 6.01. The largest absolute Gasteiger partial charge is 0.547 e. The van der Waals surface area contributed by atoms with Crippen molar-refractivity contribution in [1.82, 2.24) is 9.97 Å². The van der Waals surface area contributed by atoms with Gasteiger partial charge >= 0.3 is 0 Å². The third kappa shape index (κ3) is 4.24. The average molecular weight is 313 g/mol. The number of hydrogen-bond donors (Lipinski definition) is 0. The maximum atomic E-state index is 6.01. The van der Waals surface area contributed by atoms with Crippen LogP contribution >= 0.6 is 0 Å². The van der Waals surface area contributed by atoms with Crippen LogP contribution < -0.4 is 4.43 Å². The molecule has 1 atom stereocenters. The molecular weight excluding hydrogens is 290 g/mol. The first kappa shape index (κ1) is 16.4. The second-order valence-corrected chi connectivity index (χ2v) is 7.95. The first-order valence-corrected chi connectivity index (χ1v) is 10.4. The number of aromatic nitrogens is 2. The Morgan fingerprint density at radius 3 is 2.64 bits per heavy atom. The van der Waals surface area contributed by atoms with Gasteiger partial charge in [0.05, 0.1) is 11.8 Å². The number of benzene rings is 1. The summed E-state index contributed by atoms with van der Waals surface area (Å²) in [5, 5.41) is 0. The van der Waals surface area contributed by atoms with Crippen LogP contribution in [0.25, 0.3) is 0 Å². The summed E-state index contributed by atoms with van der Waals surface area (Å²) in [6.45, 7) is 10.3. The van der Waals surface area contributed by atoms with Crippen LogP contribution in [0.1, 0.15) is 37.0 Å². The van der Waals surface area contributed by atoms with Crippen molar-refractivity contribution in [3.05, 3.63) is 53.6 Å². The maximum Gasteiger partial charge on any atom is 0.229 e. The van der Waals surface area contributed by atoms with Crippen molar-refractivity contribution >= 4 is 14.8 Å². The van der Waals surface area contributed by atoms with E-state index in [2.05, 4.69) is 36.1 Å². The molecule has 1 heterocycles. The topological polar surface area (TPSA) is 47.4 Å². The second kappa shape index (κ2) is 7.31. The first-order chi connectivity index (χ1) is 10.5. The van der Waals surface area contributed by atoms with Gasteiger partial charge in [0.2, 0.25) is 9.04 Å². The van der Waals surface area contributed by atoms with E-state index in [9.17, 15) is 0 Å². The monoisotopic (exact) mass is 313 g/mol. The van der Waals surface area contributed by atoms with Crippen LogP contribution in [-0.2, 0) is 0 Å². The minimum Gasteiger partial charge on any atom is -0.547 e. The van der Waals surface area contributed by atoms with Gasteiger partial charge < -0.3 is 4.43 Å². The molecule has 0 saturated heterocycles. The fourth-order valence-corrected chi connectivity index (χ4v) is 2.95. The number of aryl methyl sites for hydroxylation is 1. The number of aliphatic imine (C=N–C) groups is 1. The summed E-state index contributed by atoms with van der Waals surface area (Å²) in [7, 11) is -1.14. The summed E-state index contributed by atoms with van der Waals surface area (Å²) in [6, 6.07) is 10.0. The number of nitrogens with zero attached hydrogens (tertiary/aromatic N) is 3. The summed E-state index contributed by atoms with van der Waals surface area (Å²) in [6.07, 6.45) is 1.77. The normalized spacial score (nSPS) is 13.3. The van der Waals surface area contributed by atoms with E-state index in [1.807, 2.05) is 38.1 Å². The number of rotatable bonds is 5. The van der Waals surface area contributed by atoms with Crippen molar-refractivity contribution in [1.29, 1.82) is 0 Å². The molecule has 5 heteroatoms. The second-order valence-electron chi connectivity index (χ2n) is 5.62. The molecule has 4 nitrogen and oxygen atoms in total. The fourth-order valence-electron chi connectivity index (χ4n) is 2.23. The van der Waals surface area contributed by atoms with Crippen LogP contribution in [0.15, 0.2) is 41.5 Å². The average Bonchev–Trinajstić information content (AvgIpc) is 2.47.